The molecule has 0 N–H and O–H groups in total. The van der Waals surface area contributed by atoms with Crippen molar-refractivity contribution in [3.63, 3.8) is 0 Å². The topological polar surface area (TPSA) is 33.4 Å². The minimum Gasteiger partial charge on any atom is -0.378 e. The second-order valence-electron chi connectivity index (χ2n) is 5.20. The van der Waals surface area contributed by atoms with Gasteiger partial charge in [-0.2, -0.15) is 0 Å². The molecule has 0 unspecified atom stereocenters. The van der Waals surface area contributed by atoms with Gasteiger partial charge in [-0.25, -0.2) is 9.98 Å². The standard InChI is InChI=1S/C17H18N4/c1-20(2)14-10-8-13(9-11-14)12-18-17-19-15-6-4-5-7-16(15)21(17)3/h4-12H,1-3H3/b18-12+. The lowest BCUT2D eigenvalue weighted by Crippen LogP contribution is -2.08. The second-order valence-corrected chi connectivity index (χ2v) is 5.20. The zero-order valence-corrected chi connectivity index (χ0v) is 12.5. The number of anilines is 1. The summed E-state index contributed by atoms with van der Waals surface area (Å²) in [6, 6.07) is 16.3. The molecule has 4 heteroatoms. The van der Waals surface area contributed by atoms with Crippen molar-refractivity contribution in [3.8, 4) is 0 Å². The van der Waals surface area contributed by atoms with E-state index in [4.69, 9.17) is 0 Å². The first-order chi connectivity index (χ1) is 10.1. The number of imidazole rings is 1. The molecule has 1 aromatic heterocycles. The van der Waals surface area contributed by atoms with E-state index in [0.717, 1.165) is 16.6 Å². The molecule has 4 nitrogen and oxygen atoms in total. The maximum atomic E-state index is 4.53. The Hall–Kier alpha value is -2.62. The third-order valence-corrected chi connectivity index (χ3v) is 3.50. The van der Waals surface area contributed by atoms with Crippen LogP contribution < -0.4 is 4.90 Å². The van der Waals surface area contributed by atoms with Crippen LogP contribution in [0.25, 0.3) is 11.0 Å². The Morgan fingerprint density at radius 2 is 1.76 bits per heavy atom. The average Bonchev–Trinajstić information content (AvgIpc) is 2.82. The number of para-hydroxylation sites is 2. The van der Waals surface area contributed by atoms with Crippen LogP contribution in [0.1, 0.15) is 5.56 Å². The van der Waals surface area contributed by atoms with Crippen LogP contribution in [-0.2, 0) is 7.05 Å². The molecule has 3 aromatic rings. The van der Waals surface area contributed by atoms with Gasteiger partial charge in [-0.05, 0) is 29.8 Å². The maximum Gasteiger partial charge on any atom is 0.230 e. The van der Waals surface area contributed by atoms with Crippen LogP contribution in [0.5, 0.6) is 0 Å². The molecule has 106 valence electrons. The molecule has 0 atom stereocenters. The molecule has 21 heavy (non-hydrogen) atoms. The summed E-state index contributed by atoms with van der Waals surface area (Å²) in [7, 11) is 6.04. The van der Waals surface area contributed by atoms with Crippen molar-refractivity contribution in [3.05, 3.63) is 54.1 Å². The van der Waals surface area contributed by atoms with Crippen molar-refractivity contribution in [2.75, 3.05) is 19.0 Å². The summed E-state index contributed by atoms with van der Waals surface area (Å²) < 4.78 is 2.00. The third kappa shape index (κ3) is 2.65. The summed E-state index contributed by atoms with van der Waals surface area (Å²) in [5, 5.41) is 0. The molecule has 0 amide bonds. The van der Waals surface area contributed by atoms with Crippen molar-refractivity contribution in [2.45, 2.75) is 0 Å². The van der Waals surface area contributed by atoms with Gasteiger partial charge in [-0.3, -0.25) is 0 Å². The Balaban J connectivity index is 1.89. The normalized spacial score (nSPS) is 11.4. The maximum absolute atomic E-state index is 4.53. The van der Waals surface area contributed by atoms with Crippen molar-refractivity contribution in [2.24, 2.45) is 12.0 Å². The van der Waals surface area contributed by atoms with Gasteiger partial charge in [-0.15, -0.1) is 0 Å². The predicted octanol–water partition coefficient (Wildman–Crippen LogP) is 3.39. The van der Waals surface area contributed by atoms with Gasteiger partial charge in [0.05, 0.1) is 11.0 Å². The lowest BCUT2D eigenvalue weighted by Gasteiger charge is -2.11. The number of nitrogens with zero attached hydrogens (tertiary/aromatic N) is 4. The van der Waals surface area contributed by atoms with Crippen LogP contribution in [0.3, 0.4) is 0 Å². The van der Waals surface area contributed by atoms with E-state index in [0.29, 0.717) is 5.95 Å². The number of hydrogen-bond acceptors (Lipinski definition) is 3. The highest BCUT2D eigenvalue weighted by atomic mass is 15.2. The molecule has 0 spiro atoms. The number of fused-ring (bicyclic) bond motifs is 1. The minimum atomic E-state index is 0.716. The summed E-state index contributed by atoms with van der Waals surface area (Å²) in [5.74, 6) is 0.716. The quantitative estimate of drug-likeness (QED) is 0.688. The van der Waals surface area contributed by atoms with Gasteiger partial charge in [0.1, 0.15) is 0 Å². The molecule has 0 aliphatic rings. The molecule has 0 bridgehead atoms. The van der Waals surface area contributed by atoms with Crippen molar-refractivity contribution >= 4 is 28.9 Å². The molecule has 0 aliphatic carbocycles. The van der Waals surface area contributed by atoms with E-state index >= 15 is 0 Å². The van der Waals surface area contributed by atoms with Gasteiger partial charge in [0.2, 0.25) is 5.95 Å². The number of hydrogen-bond donors (Lipinski definition) is 0. The first-order valence-corrected chi connectivity index (χ1v) is 6.88. The van der Waals surface area contributed by atoms with E-state index < -0.39 is 0 Å². The van der Waals surface area contributed by atoms with Crippen LogP contribution in [0.15, 0.2) is 53.5 Å². The average molecular weight is 278 g/mol. The van der Waals surface area contributed by atoms with Gasteiger partial charge < -0.3 is 9.47 Å². The monoisotopic (exact) mass is 278 g/mol. The molecule has 0 radical (unpaired) electrons. The Bertz CT molecular complexity index is 782. The largest absolute Gasteiger partial charge is 0.378 e. The van der Waals surface area contributed by atoms with E-state index in [1.165, 1.54) is 5.69 Å². The van der Waals surface area contributed by atoms with E-state index in [1.807, 2.05) is 56.2 Å². The third-order valence-electron chi connectivity index (χ3n) is 3.50. The van der Waals surface area contributed by atoms with Gasteiger partial charge in [0.25, 0.3) is 0 Å². The number of aromatic nitrogens is 2. The van der Waals surface area contributed by atoms with Crippen LogP contribution in [0.2, 0.25) is 0 Å². The van der Waals surface area contributed by atoms with E-state index in [1.54, 1.807) is 0 Å². The van der Waals surface area contributed by atoms with Gasteiger partial charge in [-0.1, -0.05) is 24.3 Å². The summed E-state index contributed by atoms with van der Waals surface area (Å²) in [5.41, 5.74) is 4.30. The van der Waals surface area contributed by atoms with Gasteiger partial charge in [0.15, 0.2) is 0 Å². The molecule has 0 aliphatic heterocycles. The first kappa shape index (κ1) is 13.4. The van der Waals surface area contributed by atoms with Crippen LogP contribution in [0.4, 0.5) is 11.6 Å². The van der Waals surface area contributed by atoms with Crippen molar-refractivity contribution < 1.29 is 0 Å². The Morgan fingerprint density at radius 3 is 2.43 bits per heavy atom. The zero-order valence-electron chi connectivity index (χ0n) is 12.5. The van der Waals surface area contributed by atoms with Crippen LogP contribution >= 0.6 is 0 Å². The van der Waals surface area contributed by atoms with Crippen molar-refractivity contribution in [1.29, 1.82) is 0 Å². The Morgan fingerprint density at radius 1 is 1.05 bits per heavy atom. The van der Waals surface area contributed by atoms with E-state index in [-0.39, 0.29) is 0 Å². The first-order valence-electron chi connectivity index (χ1n) is 6.88. The predicted molar refractivity (Wildman–Crippen MR) is 88.7 cm³/mol. The number of aliphatic imine (C=N–C) groups is 1. The lowest BCUT2D eigenvalue weighted by atomic mass is 10.2. The highest BCUT2D eigenvalue weighted by Crippen LogP contribution is 2.19. The fourth-order valence-corrected chi connectivity index (χ4v) is 2.24. The fourth-order valence-electron chi connectivity index (χ4n) is 2.24. The highest BCUT2D eigenvalue weighted by Gasteiger charge is 2.04. The fraction of sp³-hybridized carbons (Fsp3) is 0.176. The smallest absolute Gasteiger partial charge is 0.230 e. The minimum absolute atomic E-state index is 0.716. The van der Waals surface area contributed by atoms with Crippen molar-refractivity contribution in [1.82, 2.24) is 9.55 Å². The van der Waals surface area contributed by atoms with Crippen LogP contribution in [0, 0.1) is 0 Å². The number of rotatable bonds is 3. The Kier molecular flexibility index (Phi) is 3.44. The van der Waals surface area contributed by atoms with Gasteiger partial charge >= 0.3 is 0 Å². The number of aryl methyl sites for hydroxylation is 1. The molecular weight excluding hydrogens is 260 g/mol. The molecular formula is C17H18N4. The molecule has 3 rings (SSSR count). The number of benzene rings is 2. The molecule has 2 aromatic carbocycles. The Labute approximate surface area is 124 Å². The van der Waals surface area contributed by atoms with Crippen LogP contribution in [-0.4, -0.2) is 29.9 Å². The van der Waals surface area contributed by atoms with E-state index in [9.17, 15) is 0 Å². The molecule has 0 saturated heterocycles. The molecule has 0 saturated carbocycles. The van der Waals surface area contributed by atoms with E-state index in [2.05, 4.69) is 39.1 Å². The molecule has 0 fully saturated rings. The second kappa shape index (κ2) is 5.40. The zero-order chi connectivity index (χ0) is 14.8. The summed E-state index contributed by atoms with van der Waals surface area (Å²) in [4.78, 5) is 11.1. The lowest BCUT2D eigenvalue weighted by molar-refractivity contribution is 0.945. The molecule has 1 heterocycles. The van der Waals surface area contributed by atoms with Gasteiger partial charge in [0, 0.05) is 33.0 Å². The summed E-state index contributed by atoms with van der Waals surface area (Å²) >= 11 is 0. The summed E-state index contributed by atoms with van der Waals surface area (Å²) in [6.45, 7) is 0. The SMILES string of the molecule is CN(C)c1ccc(/C=N/c2nc3ccccc3n2C)cc1. The highest BCUT2D eigenvalue weighted by molar-refractivity contribution is 5.84. The summed E-state index contributed by atoms with van der Waals surface area (Å²) in [6.07, 6.45) is 1.85.